The molecule has 1 nitrogen and oxygen atoms in total. The van der Waals surface area contributed by atoms with E-state index >= 15 is 0 Å². The first-order valence-electron chi connectivity index (χ1n) is 7.70. The van der Waals surface area contributed by atoms with Gasteiger partial charge in [0.05, 0.1) is 6.10 Å². The van der Waals surface area contributed by atoms with E-state index in [1.165, 1.54) is 17.7 Å². The third-order valence-electron chi connectivity index (χ3n) is 4.62. The van der Waals surface area contributed by atoms with Gasteiger partial charge in [-0.3, -0.25) is 0 Å². The molecule has 21 heavy (non-hydrogen) atoms. The second-order valence-electron chi connectivity index (χ2n) is 6.08. The fraction of sp³-hybridized carbons (Fsp3) is 0.368. The Bertz CT molecular complexity index is 564. The highest BCUT2D eigenvalue weighted by molar-refractivity contribution is 5.21. The molecule has 3 atom stereocenters. The van der Waals surface area contributed by atoms with Crippen LogP contribution in [-0.2, 0) is 6.42 Å². The number of aliphatic hydroxyl groups is 1. The van der Waals surface area contributed by atoms with Crippen molar-refractivity contribution in [1.82, 2.24) is 0 Å². The third kappa shape index (κ3) is 3.51. The van der Waals surface area contributed by atoms with Crippen molar-refractivity contribution < 1.29 is 9.50 Å². The minimum Gasteiger partial charge on any atom is -0.393 e. The van der Waals surface area contributed by atoms with Gasteiger partial charge >= 0.3 is 0 Å². The van der Waals surface area contributed by atoms with Gasteiger partial charge in [-0.05, 0) is 60.8 Å². The molecule has 0 spiro atoms. The molecule has 0 amide bonds. The predicted octanol–water partition coefficient (Wildman–Crippen LogP) is 4.31. The maximum atomic E-state index is 13.0. The van der Waals surface area contributed by atoms with Crippen LogP contribution in [0.1, 0.15) is 36.3 Å². The van der Waals surface area contributed by atoms with Crippen molar-refractivity contribution in [1.29, 1.82) is 0 Å². The quantitative estimate of drug-likeness (QED) is 0.890. The van der Waals surface area contributed by atoms with Crippen LogP contribution in [0.2, 0.25) is 0 Å². The number of rotatable bonds is 3. The molecule has 1 N–H and O–H groups in total. The lowest BCUT2D eigenvalue weighted by Crippen LogP contribution is -2.29. The smallest absolute Gasteiger partial charge is 0.123 e. The largest absolute Gasteiger partial charge is 0.393 e. The monoisotopic (exact) mass is 284 g/mol. The number of halogens is 1. The summed E-state index contributed by atoms with van der Waals surface area (Å²) in [6, 6.07) is 17.2. The summed E-state index contributed by atoms with van der Waals surface area (Å²) in [6.45, 7) is 0. The molecule has 0 heterocycles. The Hall–Kier alpha value is -1.67. The Morgan fingerprint density at radius 2 is 1.67 bits per heavy atom. The summed E-state index contributed by atoms with van der Waals surface area (Å²) in [6.07, 6.45) is 3.49. The van der Waals surface area contributed by atoms with Crippen molar-refractivity contribution in [3.63, 3.8) is 0 Å². The van der Waals surface area contributed by atoms with E-state index in [2.05, 4.69) is 24.3 Å². The summed E-state index contributed by atoms with van der Waals surface area (Å²) in [5.41, 5.74) is 2.47. The van der Waals surface area contributed by atoms with Crippen LogP contribution < -0.4 is 0 Å². The highest BCUT2D eigenvalue weighted by Gasteiger charge is 2.29. The number of hydrogen-bond donors (Lipinski definition) is 1. The van der Waals surface area contributed by atoms with Crippen molar-refractivity contribution >= 4 is 0 Å². The molecule has 1 aliphatic carbocycles. The van der Waals surface area contributed by atoms with Crippen molar-refractivity contribution in [2.24, 2.45) is 5.92 Å². The predicted molar refractivity (Wildman–Crippen MR) is 82.6 cm³/mol. The summed E-state index contributed by atoms with van der Waals surface area (Å²) in [5.74, 6) is 0.583. The Balaban J connectivity index is 1.70. The molecule has 1 fully saturated rings. The molecule has 0 radical (unpaired) electrons. The third-order valence-corrected chi connectivity index (χ3v) is 4.62. The summed E-state index contributed by atoms with van der Waals surface area (Å²) in [5, 5.41) is 10.3. The summed E-state index contributed by atoms with van der Waals surface area (Å²) in [4.78, 5) is 0. The zero-order valence-corrected chi connectivity index (χ0v) is 12.1. The fourth-order valence-electron chi connectivity index (χ4n) is 3.42. The summed E-state index contributed by atoms with van der Waals surface area (Å²) in [7, 11) is 0. The van der Waals surface area contributed by atoms with Crippen LogP contribution in [0, 0.1) is 11.7 Å². The second-order valence-corrected chi connectivity index (χ2v) is 6.08. The minimum absolute atomic E-state index is 0.204. The van der Waals surface area contributed by atoms with Crippen molar-refractivity contribution in [2.45, 2.75) is 37.7 Å². The molecule has 0 saturated heterocycles. The Labute approximate surface area is 125 Å². The van der Waals surface area contributed by atoms with Crippen molar-refractivity contribution in [3.8, 4) is 0 Å². The molecule has 0 bridgehead atoms. The lowest BCUT2D eigenvalue weighted by atomic mass is 9.74. The van der Waals surface area contributed by atoms with Gasteiger partial charge in [-0.25, -0.2) is 4.39 Å². The lowest BCUT2D eigenvalue weighted by molar-refractivity contribution is 0.0619. The zero-order valence-electron chi connectivity index (χ0n) is 12.1. The zero-order chi connectivity index (χ0) is 14.7. The first-order valence-corrected chi connectivity index (χ1v) is 7.70. The van der Waals surface area contributed by atoms with Crippen LogP contribution in [0.4, 0.5) is 4.39 Å². The van der Waals surface area contributed by atoms with E-state index in [4.69, 9.17) is 0 Å². The van der Waals surface area contributed by atoms with E-state index in [0.717, 1.165) is 31.2 Å². The van der Waals surface area contributed by atoms with E-state index in [1.54, 1.807) is 0 Å². The first kappa shape index (κ1) is 14.3. The van der Waals surface area contributed by atoms with Crippen LogP contribution in [0.3, 0.4) is 0 Å². The van der Waals surface area contributed by atoms with Crippen LogP contribution >= 0.6 is 0 Å². The van der Waals surface area contributed by atoms with Crippen LogP contribution in [0.15, 0.2) is 54.6 Å². The second kappa shape index (κ2) is 6.40. The van der Waals surface area contributed by atoms with Gasteiger partial charge in [-0.1, -0.05) is 42.5 Å². The van der Waals surface area contributed by atoms with Crippen molar-refractivity contribution in [2.75, 3.05) is 0 Å². The van der Waals surface area contributed by atoms with Gasteiger partial charge in [0.1, 0.15) is 5.82 Å². The van der Waals surface area contributed by atoms with Crippen LogP contribution in [0.25, 0.3) is 0 Å². The SMILES string of the molecule is OC1CCC(c2ccccc2)CC1Cc1ccc(F)cc1. The van der Waals surface area contributed by atoms with Crippen molar-refractivity contribution in [3.05, 3.63) is 71.5 Å². The highest BCUT2D eigenvalue weighted by Crippen LogP contribution is 2.37. The van der Waals surface area contributed by atoms with Gasteiger partial charge in [-0.15, -0.1) is 0 Å². The first-order chi connectivity index (χ1) is 10.2. The van der Waals surface area contributed by atoms with Crippen LogP contribution in [-0.4, -0.2) is 11.2 Å². The number of aliphatic hydroxyl groups excluding tert-OH is 1. The molecule has 0 aliphatic heterocycles. The van der Waals surface area contributed by atoms with Gasteiger partial charge in [0, 0.05) is 0 Å². The normalized spacial score (nSPS) is 25.7. The van der Waals surface area contributed by atoms with E-state index < -0.39 is 0 Å². The molecule has 2 heteroatoms. The molecular formula is C19H21FO. The molecule has 1 saturated carbocycles. The molecule has 1 aliphatic rings. The highest BCUT2D eigenvalue weighted by atomic mass is 19.1. The molecule has 3 rings (SSSR count). The average Bonchev–Trinajstić information content (AvgIpc) is 2.52. The van der Waals surface area contributed by atoms with Gasteiger partial charge in [0.15, 0.2) is 0 Å². The van der Waals surface area contributed by atoms with E-state index in [9.17, 15) is 9.50 Å². The Kier molecular flexibility index (Phi) is 4.35. The average molecular weight is 284 g/mol. The maximum Gasteiger partial charge on any atom is 0.123 e. The Morgan fingerprint density at radius 3 is 2.38 bits per heavy atom. The molecule has 0 aromatic heterocycles. The molecule has 2 aromatic carbocycles. The van der Waals surface area contributed by atoms with E-state index in [1.807, 2.05) is 18.2 Å². The van der Waals surface area contributed by atoms with Gasteiger partial charge < -0.3 is 5.11 Å². The van der Waals surface area contributed by atoms with Gasteiger partial charge in [-0.2, -0.15) is 0 Å². The fourth-order valence-corrected chi connectivity index (χ4v) is 3.42. The molecule has 2 aromatic rings. The molecular weight excluding hydrogens is 263 g/mol. The van der Waals surface area contributed by atoms with E-state index in [0.29, 0.717) is 5.92 Å². The van der Waals surface area contributed by atoms with Gasteiger partial charge in [0.2, 0.25) is 0 Å². The van der Waals surface area contributed by atoms with E-state index in [-0.39, 0.29) is 17.8 Å². The molecule has 110 valence electrons. The van der Waals surface area contributed by atoms with Gasteiger partial charge in [0.25, 0.3) is 0 Å². The number of benzene rings is 2. The topological polar surface area (TPSA) is 20.2 Å². The lowest BCUT2D eigenvalue weighted by Gasteiger charge is -2.33. The standard InChI is InChI=1S/C19H21FO/c20-18-9-6-14(7-10-18)12-17-13-16(8-11-19(17)21)15-4-2-1-3-5-15/h1-7,9-10,16-17,19,21H,8,11-13H2. The summed E-state index contributed by atoms with van der Waals surface area (Å²) >= 11 is 0. The molecule has 3 unspecified atom stereocenters. The Morgan fingerprint density at radius 1 is 0.952 bits per heavy atom. The maximum absolute atomic E-state index is 13.0. The number of hydrogen-bond acceptors (Lipinski definition) is 1. The minimum atomic E-state index is -0.241. The summed E-state index contributed by atoms with van der Waals surface area (Å²) < 4.78 is 13.0. The van der Waals surface area contributed by atoms with Crippen LogP contribution in [0.5, 0.6) is 0 Å².